The van der Waals surface area contributed by atoms with E-state index in [1.54, 1.807) is 13.8 Å². The van der Waals surface area contributed by atoms with Crippen molar-refractivity contribution in [2.45, 2.75) is 56.1 Å². The second-order valence-electron chi connectivity index (χ2n) is 6.80. The van der Waals surface area contributed by atoms with Crippen LogP contribution in [0.1, 0.15) is 46.0 Å². The maximum atomic E-state index is 12.6. The smallest absolute Gasteiger partial charge is 0.243 e. The molecule has 1 fully saturated rings. The van der Waals surface area contributed by atoms with Gasteiger partial charge in [-0.1, -0.05) is 38.3 Å². The molecule has 7 nitrogen and oxygen atoms in total. The molecule has 1 aliphatic rings. The molecule has 1 amide bonds. The van der Waals surface area contributed by atoms with E-state index in [1.807, 2.05) is 0 Å². The van der Waals surface area contributed by atoms with Crippen LogP contribution < -0.4 is 5.32 Å². The minimum absolute atomic E-state index is 0.0227. The molecule has 1 N–H and O–H groups in total. The fourth-order valence-electron chi connectivity index (χ4n) is 3.34. The van der Waals surface area contributed by atoms with Crippen molar-refractivity contribution in [1.82, 2.24) is 4.31 Å². The summed E-state index contributed by atoms with van der Waals surface area (Å²) in [7, 11) is -7.00. The van der Waals surface area contributed by atoms with Gasteiger partial charge in [-0.2, -0.15) is 4.31 Å². The summed E-state index contributed by atoms with van der Waals surface area (Å²) < 4.78 is 51.2. The second-order valence-corrected chi connectivity index (χ2v) is 11.5. The molecule has 10 heteroatoms. The molecular formula is C18H27ClN2O5S2. The quantitative estimate of drug-likeness (QED) is 0.623. The van der Waals surface area contributed by atoms with Gasteiger partial charge in [0, 0.05) is 19.5 Å². The highest BCUT2D eigenvalue weighted by Gasteiger charge is 2.29. The number of nitrogens with one attached hydrogen (secondary N) is 1. The van der Waals surface area contributed by atoms with E-state index in [0.29, 0.717) is 25.9 Å². The summed E-state index contributed by atoms with van der Waals surface area (Å²) in [5.74, 6) is -0.737. The van der Waals surface area contributed by atoms with Crippen LogP contribution in [0, 0.1) is 0 Å². The monoisotopic (exact) mass is 450 g/mol. The number of sulfonamides is 1. The third-order valence-electron chi connectivity index (χ3n) is 4.98. The van der Waals surface area contributed by atoms with Crippen molar-refractivity contribution in [2.24, 2.45) is 0 Å². The van der Waals surface area contributed by atoms with Crippen LogP contribution in [-0.2, 0) is 24.7 Å². The zero-order valence-electron chi connectivity index (χ0n) is 16.1. The Morgan fingerprint density at radius 3 is 2.32 bits per heavy atom. The minimum Gasteiger partial charge on any atom is -0.325 e. The lowest BCUT2D eigenvalue weighted by Gasteiger charge is -2.19. The molecule has 0 atom stereocenters. The molecular weight excluding hydrogens is 424 g/mol. The van der Waals surface area contributed by atoms with Gasteiger partial charge >= 0.3 is 0 Å². The minimum atomic E-state index is -3.70. The van der Waals surface area contributed by atoms with Gasteiger partial charge in [-0.3, -0.25) is 4.79 Å². The van der Waals surface area contributed by atoms with Crippen molar-refractivity contribution in [1.29, 1.82) is 0 Å². The number of sulfone groups is 1. The van der Waals surface area contributed by atoms with Crippen LogP contribution in [0.15, 0.2) is 23.1 Å². The van der Waals surface area contributed by atoms with Crippen LogP contribution in [-0.4, -0.2) is 51.1 Å². The zero-order chi connectivity index (χ0) is 20.9. The number of anilines is 1. The van der Waals surface area contributed by atoms with Gasteiger partial charge in [0.15, 0.2) is 9.84 Å². The van der Waals surface area contributed by atoms with Crippen molar-refractivity contribution < 1.29 is 21.6 Å². The SMILES string of the molecule is CCN(CC)S(=O)(=O)c1ccc(Cl)c(NC(=O)CCS(=O)(=O)C2CCCC2)c1. The summed E-state index contributed by atoms with van der Waals surface area (Å²) in [5, 5.41) is 2.37. The van der Waals surface area contributed by atoms with Crippen LogP contribution in [0.25, 0.3) is 0 Å². The van der Waals surface area contributed by atoms with Gasteiger partial charge in [-0.05, 0) is 31.0 Å². The molecule has 0 unspecified atom stereocenters. The Kier molecular flexibility index (Phi) is 7.89. The number of hydrogen-bond acceptors (Lipinski definition) is 5. The number of carbonyl (C=O) groups excluding carboxylic acids is 1. The average Bonchev–Trinajstić information content (AvgIpc) is 3.18. The van der Waals surface area contributed by atoms with Crippen LogP contribution in [0.2, 0.25) is 5.02 Å². The van der Waals surface area contributed by atoms with E-state index in [-0.39, 0.29) is 33.0 Å². The molecule has 1 saturated carbocycles. The molecule has 0 aliphatic heterocycles. The van der Waals surface area contributed by atoms with Gasteiger partial charge in [0.25, 0.3) is 0 Å². The van der Waals surface area contributed by atoms with Gasteiger partial charge in [0.2, 0.25) is 15.9 Å². The van der Waals surface area contributed by atoms with Crippen molar-refractivity contribution in [3.63, 3.8) is 0 Å². The van der Waals surface area contributed by atoms with E-state index >= 15 is 0 Å². The number of benzene rings is 1. The molecule has 1 aromatic rings. The average molecular weight is 451 g/mol. The lowest BCUT2D eigenvalue weighted by atomic mass is 10.3. The Morgan fingerprint density at radius 2 is 1.75 bits per heavy atom. The highest BCUT2D eigenvalue weighted by Crippen LogP contribution is 2.28. The first-order valence-electron chi connectivity index (χ1n) is 9.43. The van der Waals surface area contributed by atoms with Crippen LogP contribution in [0.4, 0.5) is 5.69 Å². The summed E-state index contributed by atoms with van der Waals surface area (Å²) in [6, 6.07) is 4.10. The molecule has 0 spiro atoms. The first kappa shape index (κ1) is 23.1. The lowest BCUT2D eigenvalue weighted by molar-refractivity contribution is -0.115. The summed E-state index contributed by atoms with van der Waals surface area (Å²) in [4.78, 5) is 12.3. The van der Waals surface area contributed by atoms with Crippen molar-refractivity contribution >= 4 is 43.1 Å². The molecule has 1 aliphatic carbocycles. The molecule has 28 heavy (non-hydrogen) atoms. The Hall–Kier alpha value is -1.16. The second kappa shape index (κ2) is 9.56. The predicted octanol–water partition coefficient (Wildman–Crippen LogP) is 3.06. The lowest BCUT2D eigenvalue weighted by Crippen LogP contribution is -2.30. The Balaban J connectivity index is 2.10. The van der Waals surface area contributed by atoms with Gasteiger partial charge in [0.05, 0.1) is 26.6 Å². The van der Waals surface area contributed by atoms with Crippen LogP contribution in [0.3, 0.4) is 0 Å². The Morgan fingerprint density at radius 1 is 1.14 bits per heavy atom. The summed E-state index contributed by atoms with van der Waals surface area (Å²) in [6.45, 7) is 4.12. The van der Waals surface area contributed by atoms with E-state index in [2.05, 4.69) is 5.32 Å². The van der Waals surface area contributed by atoms with Crippen molar-refractivity contribution in [3.8, 4) is 0 Å². The predicted molar refractivity (Wildman–Crippen MR) is 111 cm³/mol. The maximum Gasteiger partial charge on any atom is 0.243 e. The van der Waals surface area contributed by atoms with Crippen molar-refractivity contribution in [2.75, 3.05) is 24.2 Å². The van der Waals surface area contributed by atoms with E-state index in [0.717, 1.165) is 12.8 Å². The third kappa shape index (κ3) is 5.46. The normalized spacial score (nSPS) is 15.9. The molecule has 0 radical (unpaired) electrons. The molecule has 158 valence electrons. The zero-order valence-corrected chi connectivity index (χ0v) is 18.5. The maximum absolute atomic E-state index is 12.6. The highest BCUT2D eigenvalue weighted by molar-refractivity contribution is 7.92. The fraction of sp³-hybridized carbons (Fsp3) is 0.611. The van der Waals surface area contributed by atoms with E-state index < -0.39 is 25.8 Å². The largest absolute Gasteiger partial charge is 0.325 e. The number of carbonyl (C=O) groups is 1. The molecule has 1 aromatic carbocycles. The fourth-order valence-corrected chi connectivity index (χ4v) is 6.84. The van der Waals surface area contributed by atoms with Gasteiger partial charge in [0.1, 0.15) is 0 Å². The molecule has 0 bridgehead atoms. The molecule has 0 heterocycles. The summed E-state index contributed by atoms with van der Waals surface area (Å²) >= 11 is 6.09. The van der Waals surface area contributed by atoms with Gasteiger partial charge < -0.3 is 5.32 Å². The first-order chi connectivity index (χ1) is 13.1. The summed E-state index contributed by atoms with van der Waals surface area (Å²) in [5.41, 5.74) is 0.151. The number of rotatable bonds is 9. The third-order valence-corrected chi connectivity index (χ3v) is 9.61. The Labute approximate surface area is 172 Å². The number of hydrogen-bond donors (Lipinski definition) is 1. The van der Waals surface area contributed by atoms with E-state index in [4.69, 9.17) is 11.6 Å². The van der Waals surface area contributed by atoms with Gasteiger partial charge in [-0.25, -0.2) is 16.8 Å². The van der Waals surface area contributed by atoms with E-state index in [1.165, 1.54) is 22.5 Å². The standard InChI is InChI=1S/C18H27ClN2O5S2/c1-3-21(4-2)28(25,26)15-9-10-16(19)17(13-15)20-18(22)11-12-27(23,24)14-7-5-6-8-14/h9-10,13-14H,3-8,11-12H2,1-2H3,(H,20,22). The topological polar surface area (TPSA) is 101 Å². The highest BCUT2D eigenvalue weighted by atomic mass is 35.5. The Bertz CT molecular complexity index is 906. The molecule has 0 saturated heterocycles. The number of halogens is 1. The molecule has 2 rings (SSSR count). The van der Waals surface area contributed by atoms with Crippen LogP contribution >= 0.6 is 11.6 Å². The van der Waals surface area contributed by atoms with Crippen molar-refractivity contribution in [3.05, 3.63) is 23.2 Å². The van der Waals surface area contributed by atoms with E-state index in [9.17, 15) is 21.6 Å². The number of amides is 1. The van der Waals surface area contributed by atoms with Gasteiger partial charge in [-0.15, -0.1) is 0 Å². The number of nitrogens with zero attached hydrogens (tertiary/aromatic N) is 1. The van der Waals surface area contributed by atoms with Crippen LogP contribution in [0.5, 0.6) is 0 Å². The first-order valence-corrected chi connectivity index (χ1v) is 13.0. The summed E-state index contributed by atoms with van der Waals surface area (Å²) in [6.07, 6.45) is 2.92. The molecule has 0 aromatic heterocycles.